The molecule has 0 amide bonds. The second-order valence-electron chi connectivity index (χ2n) is 3.79. The standard InChI is InChI=1S/C13H11ClFN3O/c14-10-4-3-9(6-11(10)15)19-7-8-2-1-5-18-12(8)13(16)17/h1-6H,7H2,(H3,16,17). The Balaban J connectivity index is 2.14. The number of benzene rings is 1. The van der Waals surface area contributed by atoms with E-state index in [-0.39, 0.29) is 17.5 Å². The van der Waals surface area contributed by atoms with Crippen LogP contribution < -0.4 is 10.5 Å². The van der Waals surface area contributed by atoms with Crippen molar-refractivity contribution in [1.29, 1.82) is 5.41 Å². The highest BCUT2D eigenvalue weighted by Gasteiger charge is 2.08. The van der Waals surface area contributed by atoms with Crippen molar-refractivity contribution in [2.24, 2.45) is 5.73 Å². The van der Waals surface area contributed by atoms with Gasteiger partial charge in [-0.3, -0.25) is 10.4 Å². The number of amidine groups is 1. The molecular formula is C13H11ClFN3O. The normalized spacial score (nSPS) is 10.2. The molecule has 0 bridgehead atoms. The zero-order valence-electron chi connectivity index (χ0n) is 9.86. The molecule has 0 atom stereocenters. The van der Waals surface area contributed by atoms with Gasteiger partial charge in [0.05, 0.1) is 5.02 Å². The summed E-state index contributed by atoms with van der Waals surface area (Å²) in [5, 5.41) is 7.44. The molecular weight excluding hydrogens is 269 g/mol. The molecule has 1 aromatic carbocycles. The van der Waals surface area contributed by atoms with E-state index in [1.807, 2.05) is 0 Å². The number of nitrogens with one attached hydrogen (secondary N) is 1. The summed E-state index contributed by atoms with van der Waals surface area (Å²) >= 11 is 5.58. The molecule has 4 nitrogen and oxygen atoms in total. The molecule has 2 rings (SSSR count). The van der Waals surface area contributed by atoms with Gasteiger partial charge in [-0.05, 0) is 18.2 Å². The van der Waals surface area contributed by atoms with E-state index in [1.54, 1.807) is 24.4 Å². The predicted octanol–water partition coefficient (Wildman–Crippen LogP) is 2.74. The number of aromatic nitrogens is 1. The lowest BCUT2D eigenvalue weighted by molar-refractivity contribution is 0.304. The summed E-state index contributed by atoms with van der Waals surface area (Å²) in [6, 6.07) is 7.65. The molecule has 3 N–H and O–H groups in total. The van der Waals surface area contributed by atoms with Crippen LogP contribution >= 0.6 is 11.6 Å². The van der Waals surface area contributed by atoms with Crippen LogP contribution in [-0.4, -0.2) is 10.8 Å². The fourth-order valence-corrected chi connectivity index (χ4v) is 1.64. The van der Waals surface area contributed by atoms with Gasteiger partial charge in [0.2, 0.25) is 0 Å². The topological polar surface area (TPSA) is 72.0 Å². The number of halogens is 2. The van der Waals surface area contributed by atoms with E-state index in [9.17, 15) is 4.39 Å². The van der Waals surface area contributed by atoms with Crippen molar-refractivity contribution in [3.8, 4) is 5.75 Å². The van der Waals surface area contributed by atoms with Crippen molar-refractivity contribution in [3.63, 3.8) is 0 Å². The predicted molar refractivity (Wildman–Crippen MR) is 71.0 cm³/mol. The van der Waals surface area contributed by atoms with E-state index in [0.29, 0.717) is 17.0 Å². The van der Waals surface area contributed by atoms with E-state index >= 15 is 0 Å². The molecule has 0 saturated carbocycles. The number of nitrogen functional groups attached to an aromatic ring is 1. The van der Waals surface area contributed by atoms with Crippen molar-refractivity contribution in [1.82, 2.24) is 4.98 Å². The number of hydrogen-bond donors (Lipinski definition) is 2. The Kier molecular flexibility index (Phi) is 3.97. The van der Waals surface area contributed by atoms with E-state index < -0.39 is 5.82 Å². The van der Waals surface area contributed by atoms with Gasteiger partial charge in [-0.25, -0.2) is 4.39 Å². The van der Waals surface area contributed by atoms with Crippen LogP contribution in [0, 0.1) is 11.2 Å². The van der Waals surface area contributed by atoms with Crippen molar-refractivity contribution in [2.45, 2.75) is 6.61 Å². The van der Waals surface area contributed by atoms with Crippen LogP contribution in [0.2, 0.25) is 5.02 Å². The molecule has 2 aromatic rings. The molecule has 0 aliphatic rings. The molecule has 6 heteroatoms. The molecule has 98 valence electrons. The second kappa shape index (κ2) is 5.67. The molecule has 0 saturated heterocycles. The van der Waals surface area contributed by atoms with Gasteiger partial charge in [0.25, 0.3) is 0 Å². The summed E-state index contributed by atoms with van der Waals surface area (Å²) in [4.78, 5) is 4.00. The molecule has 1 heterocycles. The maximum atomic E-state index is 13.2. The quantitative estimate of drug-likeness (QED) is 0.668. The first-order chi connectivity index (χ1) is 9.08. The number of nitrogens with zero attached hydrogens (tertiary/aromatic N) is 1. The molecule has 0 aliphatic carbocycles. The number of nitrogens with two attached hydrogens (primary N) is 1. The van der Waals surface area contributed by atoms with Crippen LogP contribution in [0.1, 0.15) is 11.3 Å². The highest BCUT2D eigenvalue weighted by molar-refractivity contribution is 6.30. The fourth-order valence-electron chi connectivity index (χ4n) is 1.53. The van der Waals surface area contributed by atoms with E-state index in [1.165, 1.54) is 12.1 Å². The minimum Gasteiger partial charge on any atom is -0.489 e. The average Bonchev–Trinajstić information content (AvgIpc) is 2.40. The van der Waals surface area contributed by atoms with E-state index in [0.717, 1.165) is 0 Å². The second-order valence-corrected chi connectivity index (χ2v) is 4.20. The maximum Gasteiger partial charge on any atom is 0.145 e. The number of pyridine rings is 1. The Bertz CT molecular complexity index is 619. The summed E-state index contributed by atoms with van der Waals surface area (Å²) in [6.07, 6.45) is 1.54. The van der Waals surface area contributed by atoms with Gasteiger partial charge in [0.1, 0.15) is 29.7 Å². The third-order valence-corrected chi connectivity index (χ3v) is 2.74. The minimum atomic E-state index is -0.544. The van der Waals surface area contributed by atoms with Gasteiger partial charge < -0.3 is 10.5 Å². The molecule has 0 radical (unpaired) electrons. The summed E-state index contributed by atoms with van der Waals surface area (Å²) < 4.78 is 18.7. The largest absolute Gasteiger partial charge is 0.489 e. The highest BCUT2D eigenvalue weighted by atomic mass is 35.5. The molecule has 19 heavy (non-hydrogen) atoms. The molecule has 0 aliphatic heterocycles. The van der Waals surface area contributed by atoms with Gasteiger partial charge in [-0.2, -0.15) is 0 Å². The zero-order valence-corrected chi connectivity index (χ0v) is 10.6. The number of rotatable bonds is 4. The van der Waals surface area contributed by atoms with Gasteiger partial charge >= 0.3 is 0 Å². The molecule has 1 aromatic heterocycles. The lowest BCUT2D eigenvalue weighted by Crippen LogP contribution is -2.16. The summed E-state index contributed by atoms with van der Waals surface area (Å²) in [6.45, 7) is 0.143. The Morgan fingerprint density at radius 2 is 2.21 bits per heavy atom. The van der Waals surface area contributed by atoms with Crippen molar-refractivity contribution in [2.75, 3.05) is 0 Å². The molecule has 0 spiro atoms. The van der Waals surface area contributed by atoms with Gasteiger partial charge in [-0.15, -0.1) is 0 Å². The smallest absolute Gasteiger partial charge is 0.145 e. The summed E-state index contributed by atoms with van der Waals surface area (Å²) in [7, 11) is 0. The SMILES string of the molecule is N=C(N)c1ncccc1COc1ccc(Cl)c(F)c1. The number of hydrogen-bond acceptors (Lipinski definition) is 3. The van der Waals surface area contributed by atoms with Crippen LogP contribution in [-0.2, 0) is 6.61 Å². The van der Waals surface area contributed by atoms with Gasteiger partial charge in [0.15, 0.2) is 0 Å². The zero-order chi connectivity index (χ0) is 13.8. The van der Waals surface area contributed by atoms with Crippen LogP contribution in [0.25, 0.3) is 0 Å². The van der Waals surface area contributed by atoms with Crippen molar-refractivity contribution in [3.05, 3.63) is 58.6 Å². The first-order valence-electron chi connectivity index (χ1n) is 5.44. The Labute approximate surface area is 114 Å². The summed E-state index contributed by atoms with van der Waals surface area (Å²) in [5.74, 6) is -0.334. The summed E-state index contributed by atoms with van der Waals surface area (Å²) in [5.41, 5.74) is 6.43. The van der Waals surface area contributed by atoms with Crippen LogP contribution in [0.15, 0.2) is 36.5 Å². The van der Waals surface area contributed by atoms with Crippen LogP contribution in [0.5, 0.6) is 5.75 Å². The number of ether oxygens (including phenoxy) is 1. The van der Waals surface area contributed by atoms with Crippen molar-refractivity contribution < 1.29 is 9.13 Å². The van der Waals surface area contributed by atoms with Crippen LogP contribution in [0.3, 0.4) is 0 Å². The molecule has 0 fully saturated rings. The van der Waals surface area contributed by atoms with Crippen molar-refractivity contribution >= 4 is 17.4 Å². The average molecular weight is 280 g/mol. The Morgan fingerprint density at radius 3 is 2.89 bits per heavy atom. The van der Waals surface area contributed by atoms with E-state index in [4.69, 9.17) is 27.5 Å². The first kappa shape index (κ1) is 13.3. The van der Waals surface area contributed by atoms with Crippen LogP contribution in [0.4, 0.5) is 4.39 Å². The maximum absolute atomic E-state index is 13.2. The van der Waals surface area contributed by atoms with Gasteiger partial charge in [-0.1, -0.05) is 17.7 Å². The Morgan fingerprint density at radius 1 is 1.42 bits per heavy atom. The van der Waals surface area contributed by atoms with E-state index in [2.05, 4.69) is 4.98 Å². The Hall–Kier alpha value is -2.14. The monoisotopic (exact) mass is 279 g/mol. The highest BCUT2D eigenvalue weighted by Crippen LogP contribution is 2.21. The fraction of sp³-hybridized carbons (Fsp3) is 0.0769. The first-order valence-corrected chi connectivity index (χ1v) is 5.82. The third-order valence-electron chi connectivity index (χ3n) is 2.43. The molecule has 0 unspecified atom stereocenters. The lowest BCUT2D eigenvalue weighted by Gasteiger charge is -2.09. The minimum absolute atomic E-state index is 0.0400. The van der Waals surface area contributed by atoms with Gasteiger partial charge in [0, 0.05) is 17.8 Å². The third kappa shape index (κ3) is 3.20. The lowest BCUT2D eigenvalue weighted by atomic mass is 10.2.